The zero-order chi connectivity index (χ0) is 21.3. The molecule has 9 heteroatoms. The number of aromatic nitrogens is 2. The Morgan fingerprint density at radius 3 is 2.93 bits per heavy atom. The Labute approximate surface area is 176 Å². The van der Waals surface area contributed by atoms with E-state index in [2.05, 4.69) is 10.4 Å². The smallest absolute Gasteiger partial charge is 0.340 e. The van der Waals surface area contributed by atoms with Crippen molar-refractivity contribution in [3.63, 3.8) is 0 Å². The van der Waals surface area contributed by atoms with Crippen LogP contribution in [0.4, 0.5) is 10.1 Å². The molecular formula is C21H17ClFN3O4. The molecule has 1 aliphatic heterocycles. The van der Waals surface area contributed by atoms with Crippen LogP contribution in [0.5, 0.6) is 5.75 Å². The monoisotopic (exact) mass is 429 g/mol. The molecule has 1 aliphatic rings. The van der Waals surface area contributed by atoms with Crippen molar-refractivity contribution in [1.29, 1.82) is 0 Å². The van der Waals surface area contributed by atoms with Crippen LogP contribution in [-0.2, 0) is 4.74 Å². The van der Waals surface area contributed by atoms with E-state index < -0.39 is 11.5 Å². The maximum absolute atomic E-state index is 13.7. The molecule has 0 radical (unpaired) electrons. The van der Waals surface area contributed by atoms with Gasteiger partial charge in [0.15, 0.2) is 0 Å². The second-order valence-corrected chi connectivity index (χ2v) is 6.99. The van der Waals surface area contributed by atoms with E-state index in [4.69, 9.17) is 21.1 Å². The fourth-order valence-corrected chi connectivity index (χ4v) is 3.53. The topological polar surface area (TPSA) is 82.5 Å². The molecule has 4 rings (SSSR count). The van der Waals surface area contributed by atoms with E-state index in [0.717, 1.165) is 4.68 Å². The molecule has 0 bridgehead atoms. The van der Waals surface area contributed by atoms with Gasteiger partial charge in [-0.05, 0) is 30.3 Å². The summed E-state index contributed by atoms with van der Waals surface area (Å²) in [5.41, 5.74) is 0.763. The van der Waals surface area contributed by atoms with Crippen LogP contribution < -0.4 is 15.6 Å². The number of fused-ring (bicyclic) bond motifs is 1. The third-order valence-corrected chi connectivity index (χ3v) is 5.16. The van der Waals surface area contributed by atoms with Crippen LogP contribution in [0.25, 0.3) is 5.69 Å². The number of carbonyl (C=O) groups excluding carboxylic acids is 1. The van der Waals surface area contributed by atoms with Crippen molar-refractivity contribution >= 4 is 23.3 Å². The number of esters is 1. The Morgan fingerprint density at radius 2 is 2.13 bits per heavy atom. The summed E-state index contributed by atoms with van der Waals surface area (Å²) in [4.78, 5) is 24.9. The molecule has 0 aliphatic carbocycles. The lowest BCUT2D eigenvalue weighted by Crippen LogP contribution is -2.26. The number of hydrogen-bond donors (Lipinski definition) is 1. The third-order valence-electron chi connectivity index (χ3n) is 4.80. The average Bonchev–Trinajstić information content (AvgIpc) is 2.77. The molecule has 0 amide bonds. The van der Waals surface area contributed by atoms with Crippen molar-refractivity contribution in [3.8, 4) is 11.4 Å². The molecule has 30 heavy (non-hydrogen) atoms. The van der Waals surface area contributed by atoms with E-state index in [1.807, 2.05) is 0 Å². The average molecular weight is 430 g/mol. The Kier molecular flexibility index (Phi) is 5.41. The number of para-hydroxylation sites is 1. The molecule has 7 nitrogen and oxygen atoms in total. The highest BCUT2D eigenvalue weighted by Gasteiger charge is 2.24. The summed E-state index contributed by atoms with van der Waals surface area (Å²) in [6, 6.07) is 10.4. The fourth-order valence-electron chi connectivity index (χ4n) is 3.35. The van der Waals surface area contributed by atoms with Crippen LogP contribution in [0.15, 0.2) is 53.5 Å². The van der Waals surface area contributed by atoms with Crippen molar-refractivity contribution < 1.29 is 18.7 Å². The fraction of sp³-hybridized carbons (Fsp3) is 0.190. The molecule has 3 aromatic rings. The standard InChI is InChI=1S/C21H17ClFN3O4/c1-29-21(28)13-4-2-3-5-17(13)26-20(27)19(22)16(11-24-26)25-15-8-9-30-18-7-6-12(23)10-14(15)18/h2-7,10-11,15,25H,8-9H2,1H3. The molecule has 1 aromatic heterocycles. The largest absolute Gasteiger partial charge is 0.493 e. The number of methoxy groups -OCH3 is 1. The van der Waals surface area contributed by atoms with Crippen LogP contribution in [0.1, 0.15) is 28.4 Å². The van der Waals surface area contributed by atoms with Gasteiger partial charge in [-0.25, -0.2) is 9.18 Å². The van der Waals surface area contributed by atoms with Crippen LogP contribution in [0.2, 0.25) is 5.02 Å². The first-order valence-corrected chi connectivity index (χ1v) is 9.51. The number of nitrogens with one attached hydrogen (secondary N) is 1. The van der Waals surface area contributed by atoms with Gasteiger partial charge >= 0.3 is 5.97 Å². The van der Waals surface area contributed by atoms with Crippen molar-refractivity contribution in [2.45, 2.75) is 12.5 Å². The van der Waals surface area contributed by atoms with E-state index in [1.54, 1.807) is 24.3 Å². The first kappa shape index (κ1) is 19.9. The maximum atomic E-state index is 13.7. The molecule has 0 fully saturated rings. The summed E-state index contributed by atoms with van der Waals surface area (Å²) >= 11 is 6.33. The van der Waals surface area contributed by atoms with Gasteiger partial charge in [0, 0.05) is 12.0 Å². The highest BCUT2D eigenvalue weighted by atomic mass is 35.5. The van der Waals surface area contributed by atoms with Gasteiger partial charge in [-0.3, -0.25) is 4.79 Å². The van der Waals surface area contributed by atoms with Crippen LogP contribution >= 0.6 is 11.6 Å². The third kappa shape index (κ3) is 3.61. The predicted octanol–water partition coefficient (Wildman–Crippen LogP) is 3.75. The van der Waals surface area contributed by atoms with Crippen molar-refractivity contribution in [3.05, 3.63) is 81.0 Å². The Morgan fingerprint density at radius 1 is 1.33 bits per heavy atom. The van der Waals surface area contributed by atoms with Crippen molar-refractivity contribution in [2.75, 3.05) is 19.0 Å². The summed E-state index contributed by atoms with van der Waals surface area (Å²) in [5.74, 6) is -0.409. The van der Waals surface area contributed by atoms with E-state index in [-0.39, 0.29) is 28.1 Å². The summed E-state index contributed by atoms with van der Waals surface area (Å²) in [5, 5.41) is 7.22. The molecule has 2 aromatic carbocycles. The van der Waals surface area contributed by atoms with Gasteiger partial charge in [-0.1, -0.05) is 23.7 Å². The second-order valence-electron chi connectivity index (χ2n) is 6.61. The van der Waals surface area contributed by atoms with E-state index in [9.17, 15) is 14.0 Å². The number of hydrogen-bond acceptors (Lipinski definition) is 6. The van der Waals surface area contributed by atoms with Gasteiger partial charge in [0.1, 0.15) is 16.6 Å². The highest BCUT2D eigenvalue weighted by Crippen LogP contribution is 2.35. The van der Waals surface area contributed by atoms with E-state index in [1.165, 1.54) is 31.5 Å². The Bertz CT molecular complexity index is 1180. The minimum Gasteiger partial charge on any atom is -0.493 e. The molecule has 154 valence electrons. The van der Waals surface area contributed by atoms with Gasteiger partial charge < -0.3 is 14.8 Å². The van der Waals surface area contributed by atoms with E-state index >= 15 is 0 Å². The Hall–Kier alpha value is -3.39. The SMILES string of the molecule is COC(=O)c1ccccc1-n1ncc(NC2CCOc3ccc(F)cc32)c(Cl)c1=O. The van der Waals surface area contributed by atoms with Gasteiger partial charge in [-0.15, -0.1) is 0 Å². The van der Waals surface area contributed by atoms with Crippen LogP contribution in [-0.4, -0.2) is 29.5 Å². The van der Waals surface area contributed by atoms with Crippen LogP contribution in [0, 0.1) is 5.82 Å². The number of nitrogens with zero attached hydrogens (tertiary/aromatic N) is 2. The molecular weight excluding hydrogens is 413 g/mol. The minimum absolute atomic E-state index is 0.103. The maximum Gasteiger partial charge on any atom is 0.340 e. The summed E-state index contributed by atoms with van der Waals surface area (Å²) < 4.78 is 25.1. The zero-order valence-electron chi connectivity index (χ0n) is 15.9. The quantitative estimate of drug-likeness (QED) is 0.636. The van der Waals surface area contributed by atoms with Crippen LogP contribution in [0.3, 0.4) is 0 Å². The van der Waals surface area contributed by atoms with Crippen molar-refractivity contribution in [2.24, 2.45) is 0 Å². The van der Waals surface area contributed by atoms with Gasteiger partial charge in [0.25, 0.3) is 5.56 Å². The van der Waals surface area contributed by atoms with Gasteiger partial charge in [-0.2, -0.15) is 9.78 Å². The number of benzene rings is 2. The van der Waals surface area contributed by atoms with Crippen molar-refractivity contribution in [1.82, 2.24) is 9.78 Å². The number of rotatable bonds is 4. The zero-order valence-corrected chi connectivity index (χ0v) is 16.6. The number of halogens is 2. The van der Waals surface area contributed by atoms with Gasteiger partial charge in [0.05, 0.1) is 42.9 Å². The Balaban J connectivity index is 1.70. The number of anilines is 1. The molecule has 0 saturated carbocycles. The highest BCUT2D eigenvalue weighted by molar-refractivity contribution is 6.33. The summed E-state index contributed by atoms with van der Waals surface area (Å²) in [6.45, 7) is 0.435. The molecule has 2 heterocycles. The summed E-state index contributed by atoms with van der Waals surface area (Å²) in [6.07, 6.45) is 1.95. The lowest BCUT2D eigenvalue weighted by atomic mass is 10.00. The summed E-state index contributed by atoms with van der Waals surface area (Å²) in [7, 11) is 1.25. The van der Waals surface area contributed by atoms with Gasteiger partial charge in [0.2, 0.25) is 0 Å². The number of carbonyl (C=O) groups is 1. The normalized spacial score (nSPS) is 15.1. The lowest BCUT2D eigenvalue weighted by molar-refractivity contribution is 0.0600. The molecule has 0 spiro atoms. The second kappa shape index (κ2) is 8.16. The van der Waals surface area contributed by atoms with E-state index in [0.29, 0.717) is 30.0 Å². The lowest BCUT2D eigenvalue weighted by Gasteiger charge is -2.27. The molecule has 0 saturated heterocycles. The minimum atomic E-state index is -0.607. The number of ether oxygens (including phenoxy) is 2. The molecule has 1 unspecified atom stereocenters. The molecule has 1 N–H and O–H groups in total. The first-order valence-electron chi connectivity index (χ1n) is 9.14. The molecule has 1 atom stereocenters. The first-order chi connectivity index (χ1) is 14.5. The predicted molar refractivity (Wildman–Crippen MR) is 109 cm³/mol.